The first-order valence-corrected chi connectivity index (χ1v) is 6.29. The van der Waals surface area contributed by atoms with Crippen molar-refractivity contribution in [2.45, 2.75) is 38.2 Å². The number of para-hydroxylation sites is 1. The van der Waals surface area contributed by atoms with Crippen LogP contribution >= 0.6 is 0 Å². The van der Waals surface area contributed by atoms with Gasteiger partial charge in [-0.05, 0) is 37.8 Å². The first kappa shape index (κ1) is 12.7. The highest BCUT2D eigenvalue weighted by molar-refractivity contribution is 5.93. The Hall–Kier alpha value is -1.71. The van der Waals surface area contributed by atoms with E-state index < -0.39 is 5.97 Å². The number of hydrogen-bond acceptors (Lipinski definition) is 4. The monoisotopic (exact) mass is 250 g/mol. The molecule has 1 saturated carbocycles. The highest BCUT2D eigenvalue weighted by atomic mass is 16.5. The number of aromatic hydroxyl groups is 1. The van der Waals surface area contributed by atoms with Gasteiger partial charge in [-0.25, -0.2) is 4.79 Å². The molecule has 98 valence electrons. The molecule has 0 amide bonds. The maximum absolute atomic E-state index is 11.6. The van der Waals surface area contributed by atoms with Crippen molar-refractivity contribution in [3.8, 4) is 11.5 Å². The zero-order valence-electron chi connectivity index (χ0n) is 10.5. The number of benzene rings is 1. The molecule has 2 rings (SSSR count). The van der Waals surface area contributed by atoms with Crippen molar-refractivity contribution in [2.24, 2.45) is 0 Å². The van der Waals surface area contributed by atoms with Gasteiger partial charge < -0.3 is 14.6 Å². The van der Waals surface area contributed by atoms with E-state index in [1.54, 1.807) is 12.1 Å². The fourth-order valence-electron chi connectivity index (χ4n) is 2.27. The Labute approximate surface area is 107 Å². The van der Waals surface area contributed by atoms with Crippen molar-refractivity contribution >= 4 is 5.97 Å². The number of rotatable bonds is 3. The largest absolute Gasteiger partial charge is 0.504 e. The first-order chi connectivity index (χ1) is 8.72. The molecule has 0 radical (unpaired) electrons. The second-order valence-electron chi connectivity index (χ2n) is 4.52. The molecule has 1 fully saturated rings. The average molecular weight is 250 g/mol. The van der Waals surface area contributed by atoms with Crippen molar-refractivity contribution in [2.75, 3.05) is 7.11 Å². The molecular formula is C14H18O4. The van der Waals surface area contributed by atoms with Crippen molar-refractivity contribution in [3.05, 3.63) is 23.8 Å². The van der Waals surface area contributed by atoms with Crippen LogP contribution in [0.3, 0.4) is 0 Å². The quantitative estimate of drug-likeness (QED) is 0.838. The van der Waals surface area contributed by atoms with Crippen LogP contribution < -0.4 is 4.74 Å². The standard InChI is InChI=1S/C14H18O4/c1-17-14(16)11-8-5-9-12(15)13(11)18-10-6-3-2-4-7-10/h5,8-10,15H,2-4,6-7H2,1H3. The summed E-state index contributed by atoms with van der Waals surface area (Å²) in [5.74, 6) is -0.253. The van der Waals surface area contributed by atoms with E-state index in [1.165, 1.54) is 19.6 Å². The minimum absolute atomic E-state index is 0.0107. The van der Waals surface area contributed by atoms with Gasteiger partial charge in [0.05, 0.1) is 13.2 Å². The molecule has 1 aromatic rings. The highest BCUT2D eigenvalue weighted by Crippen LogP contribution is 2.33. The number of hydrogen-bond donors (Lipinski definition) is 1. The molecule has 0 aliphatic heterocycles. The fraction of sp³-hybridized carbons (Fsp3) is 0.500. The molecule has 0 unspecified atom stereocenters. The van der Waals surface area contributed by atoms with Crippen LogP contribution in [0.1, 0.15) is 42.5 Å². The van der Waals surface area contributed by atoms with Gasteiger partial charge in [-0.2, -0.15) is 0 Å². The predicted molar refractivity (Wildman–Crippen MR) is 66.9 cm³/mol. The topological polar surface area (TPSA) is 55.8 Å². The van der Waals surface area contributed by atoms with Gasteiger partial charge in [-0.15, -0.1) is 0 Å². The van der Waals surface area contributed by atoms with Crippen molar-refractivity contribution in [1.82, 2.24) is 0 Å². The Balaban J connectivity index is 2.21. The van der Waals surface area contributed by atoms with E-state index in [9.17, 15) is 9.90 Å². The lowest BCUT2D eigenvalue weighted by atomic mass is 9.97. The van der Waals surface area contributed by atoms with E-state index in [4.69, 9.17) is 9.47 Å². The molecule has 1 aromatic carbocycles. The molecule has 18 heavy (non-hydrogen) atoms. The summed E-state index contributed by atoms with van der Waals surface area (Å²) < 4.78 is 10.5. The molecule has 0 bridgehead atoms. The minimum atomic E-state index is -0.489. The van der Waals surface area contributed by atoms with Gasteiger partial charge in [0.15, 0.2) is 11.5 Å². The van der Waals surface area contributed by atoms with Crippen molar-refractivity contribution in [1.29, 1.82) is 0 Å². The number of phenols is 1. The Morgan fingerprint density at radius 2 is 2.00 bits per heavy atom. The smallest absolute Gasteiger partial charge is 0.341 e. The molecule has 4 heteroatoms. The average Bonchev–Trinajstić information content (AvgIpc) is 2.41. The second-order valence-corrected chi connectivity index (χ2v) is 4.52. The Kier molecular flexibility index (Phi) is 4.07. The van der Waals surface area contributed by atoms with Crippen LogP contribution in [0, 0.1) is 0 Å². The van der Waals surface area contributed by atoms with Crippen LogP contribution in [0.25, 0.3) is 0 Å². The van der Waals surface area contributed by atoms with E-state index in [1.807, 2.05) is 0 Å². The van der Waals surface area contributed by atoms with Gasteiger partial charge in [0.1, 0.15) is 5.56 Å². The number of carbonyl (C=O) groups is 1. The summed E-state index contributed by atoms with van der Waals surface area (Å²) in [6.45, 7) is 0. The van der Waals surface area contributed by atoms with Gasteiger partial charge in [-0.1, -0.05) is 12.5 Å². The molecule has 1 N–H and O–H groups in total. The van der Waals surface area contributed by atoms with Crippen LogP contribution in [-0.2, 0) is 4.74 Å². The van der Waals surface area contributed by atoms with E-state index in [0.29, 0.717) is 0 Å². The third-order valence-electron chi connectivity index (χ3n) is 3.24. The summed E-state index contributed by atoms with van der Waals surface area (Å²) >= 11 is 0. The molecule has 0 spiro atoms. The summed E-state index contributed by atoms with van der Waals surface area (Å²) in [6, 6.07) is 4.73. The Morgan fingerprint density at radius 3 is 2.67 bits per heavy atom. The van der Waals surface area contributed by atoms with Crippen molar-refractivity contribution < 1.29 is 19.4 Å². The van der Waals surface area contributed by atoms with Gasteiger partial charge in [0, 0.05) is 0 Å². The molecule has 0 heterocycles. The lowest BCUT2D eigenvalue weighted by Crippen LogP contribution is -2.21. The van der Waals surface area contributed by atoms with Gasteiger partial charge in [0.25, 0.3) is 0 Å². The summed E-state index contributed by atoms with van der Waals surface area (Å²) in [7, 11) is 1.32. The maximum atomic E-state index is 11.6. The number of phenolic OH excluding ortho intramolecular Hbond substituents is 1. The summed E-state index contributed by atoms with van der Waals surface area (Å²) in [4.78, 5) is 11.6. The van der Waals surface area contributed by atoms with Crippen LogP contribution in [0.4, 0.5) is 0 Å². The molecule has 0 aromatic heterocycles. The van der Waals surface area contributed by atoms with Crippen LogP contribution in [0.2, 0.25) is 0 Å². The van der Waals surface area contributed by atoms with Gasteiger partial charge in [-0.3, -0.25) is 0 Å². The summed E-state index contributed by atoms with van der Waals surface area (Å²) in [5.41, 5.74) is 0.281. The molecule has 4 nitrogen and oxygen atoms in total. The third kappa shape index (κ3) is 2.75. The van der Waals surface area contributed by atoms with Gasteiger partial charge >= 0.3 is 5.97 Å². The number of esters is 1. The zero-order chi connectivity index (χ0) is 13.0. The molecular weight excluding hydrogens is 232 g/mol. The summed E-state index contributed by atoms with van der Waals surface area (Å²) in [5, 5.41) is 9.83. The van der Waals surface area contributed by atoms with Crippen LogP contribution in [-0.4, -0.2) is 24.3 Å². The molecule has 1 aliphatic carbocycles. The Morgan fingerprint density at radius 1 is 1.28 bits per heavy atom. The molecule has 1 aliphatic rings. The first-order valence-electron chi connectivity index (χ1n) is 6.29. The predicted octanol–water partition coefficient (Wildman–Crippen LogP) is 2.89. The van der Waals surface area contributed by atoms with E-state index in [-0.39, 0.29) is 23.2 Å². The lowest BCUT2D eigenvalue weighted by Gasteiger charge is -2.24. The molecule has 0 atom stereocenters. The van der Waals surface area contributed by atoms with E-state index >= 15 is 0 Å². The minimum Gasteiger partial charge on any atom is -0.504 e. The summed E-state index contributed by atoms with van der Waals surface area (Å²) in [6.07, 6.45) is 5.50. The van der Waals surface area contributed by atoms with Gasteiger partial charge in [0.2, 0.25) is 0 Å². The SMILES string of the molecule is COC(=O)c1cccc(O)c1OC1CCCCC1. The second kappa shape index (κ2) is 5.76. The number of methoxy groups -OCH3 is 1. The lowest BCUT2D eigenvalue weighted by molar-refractivity contribution is 0.0589. The number of carbonyl (C=O) groups excluding carboxylic acids is 1. The normalized spacial score (nSPS) is 16.3. The Bertz CT molecular complexity index is 422. The third-order valence-corrected chi connectivity index (χ3v) is 3.24. The molecule has 0 saturated heterocycles. The van der Waals surface area contributed by atoms with E-state index in [0.717, 1.165) is 25.7 Å². The van der Waals surface area contributed by atoms with Crippen LogP contribution in [0.15, 0.2) is 18.2 Å². The van der Waals surface area contributed by atoms with E-state index in [2.05, 4.69) is 0 Å². The number of ether oxygens (including phenoxy) is 2. The zero-order valence-corrected chi connectivity index (χ0v) is 10.5. The fourth-order valence-corrected chi connectivity index (χ4v) is 2.27. The van der Waals surface area contributed by atoms with Crippen LogP contribution in [0.5, 0.6) is 11.5 Å². The maximum Gasteiger partial charge on any atom is 0.341 e. The van der Waals surface area contributed by atoms with Crippen molar-refractivity contribution in [3.63, 3.8) is 0 Å². The highest BCUT2D eigenvalue weighted by Gasteiger charge is 2.21.